The molecule has 2 saturated heterocycles. The number of thiophene rings is 1. The van der Waals surface area contributed by atoms with E-state index in [2.05, 4.69) is 17.1 Å². The van der Waals surface area contributed by atoms with Gasteiger partial charge in [0, 0.05) is 42.7 Å². The van der Waals surface area contributed by atoms with E-state index in [0.29, 0.717) is 48.7 Å². The van der Waals surface area contributed by atoms with Crippen molar-refractivity contribution in [2.45, 2.75) is 42.9 Å². The molecule has 0 unspecified atom stereocenters. The highest BCUT2D eigenvalue weighted by Gasteiger charge is 2.28. The number of nitrogens with one attached hydrogen (secondary N) is 1. The van der Waals surface area contributed by atoms with Gasteiger partial charge in [-0.3, -0.25) is 4.79 Å². The monoisotopic (exact) mass is 491 g/mol. The van der Waals surface area contributed by atoms with Crippen LogP contribution in [-0.4, -0.2) is 75.5 Å². The lowest BCUT2D eigenvalue weighted by Crippen LogP contribution is -2.40. The van der Waals surface area contributed by atoms with E-state index in [4.69, 9.17) is 4.74 Å². The van der Waals surface area contributed by atoms with Crippen LogP contribution in [0.1, 0.15) is 43.0 Å². The summed E-state index contributed by atoms with van der Waals surface area (Å²) >= 11 is 1.26. The van der Waals surface area contributed by atoms with Gasteiger partial charge in [-0.25, -0.2) is 8.42 Å². The van der Waals surface area contributed by atoms with Gasteiger partial charge in [-0.2, -0.15) is 4.31 Å². The van der Waals surface area contributed by atoms with Gasteiger partial charge in [-0.15, -0.1) is 11.3 Å². The van der Waals surface area contributed by atoms with Crippen molar-refractivity contribution >= 4 is 27.3 Å². The van der Waals surface area contributed by atoms with E-state index in [0.717, 1.165) is 30.0 Å². The van der Waals surface area contributed by atoms with E-state index in [-0.39, 0.29) is 5.91 Å². The number of carbonyl (C=O) groups excluding carboxylic acids is 1. The van der Waals surface area contributed by atoms with Gasteiger partial charge >= 0.3 is 0 Å². The van der Waals surface area contributed by atoms with Gasteiger partial charge in [0.1, 0.15) is 4.21 Å². The van der Waals surface area contributed by atoms with E-state index < -0.39 is 10.0 Å². The van der Waals surface area contributed by atoms with Crippen molar-refractivity contribution < 1.29 is 17.9 Å². The molecule has 7 nitrogen and oxygen atoms in total. The number of benzene rings is 1. The van der Waals surface area contributed by atoms with Gasteiger partial charge in [-0.05, 0) is 62.6 Å². The first-order valence-electron chi connectivity index (χ1n) is 11.8. The van der Waals surface area contributed by atoms with Crippen LogP contribution in [0.25, 0.3) is 10.4 Å². The molecular formula is C24H33N3O4S2. The van der Waals surface area contributed by atoms with E-state index in [1.165, 1.54) is 34.9 Å². The van der Waals surface area contributed by atoms with E-state index in [1.54, 1.807) is 18.2 Å². The number of hydrogen-bond donors (Lipinski definition) is 1. The number of rotatable bonds is 8. The molecule has 2 fully saturated rings. The molecule has 1 amide bonds. The molecule has 1 aromatic heterocycles. The van der Waals surface area contributed by atoms with E-state index >= 15 is 0 Å². The number of nitrogens with zero attached hydrogens (tertiary/aromatic N) is 2. The average molecular weight is 492 g/mol. The van der Waals surface area contributed by atoms with E-state index in [9.17, 15) is 13.2 Å². The number of hydrogen-bond acceptors (Lipinski definition) is 6. The second kappa shape index (κ2) is 11.1. The fourth-order valence-electron chi connectivity index (χ4n) is 4.39. The summed E-state index contributed by atoms with van der Waals surface area (Å²) in [7, 11) is -3.49. The third kappa shape index (κ3) is 6.02. The molecule has 33 heavy (non-hydrogen) atoms. The Morgan fingerprint density at radius 2 is 1.85 bits per heavy atom. The molecule has 0 bridgehead atoms. The number of sulfonamides is 1. The van der Waals surface area contributed by atoms with Gasteiger partial charge in [0.2, 0.25) is 0 Å². The van der Waals surface area contributed by atoms with Crippen LogP contribution in [0.2, 0.25) is 0 Å². The molecule has 3 heterocycles. The van der Waals surface area contributed by atoms with Crippen LogP contribution in [-0.2, 0) is 14.8 Å². The zero-order valence-electron chi connectivity index (χ0n) is 19.2. The highest BCUT2D eigenvalue weighted by Crippen LogP contribution is 2.32. The minimum atomic E-state index is -3.49. The van der Waals surface area contributed by atoms with Crippen molar-refractivity contribution in [3.05, 3.63) is 42.0 Å². The number of piperidine rings is 1. The van der Waals surface area contributed by atoms with Gasteiger partial charge in [0.25, 0.3) is 15.9 Å². The second-order valence-corrected chi connectivity index (χ2v) is 12.0. The molecule has 0 spiro atoms. The molecule has 4 rings (SSSR count). The summed E-state index contributed by atoms with van der Waals surface area (Å²) in [6, 6.07) is 11.5. The second-order valence-electron chi connectivity index (χ2n) is 8.70. The van der Waals surface area contributed by atoms with Crippen LogP contribution < -0.4 is 5.32 Å². The Hall–Kier alpha value is -1.78. The van der Waals surface area contributed by atoms with Gasteiger partial charge in [-0.1, -0.05) is 18.6 Å². The number of amides is 1. The topological polar surface area (TPSA) is 79.0 Å². The summed E-state index contributed by atoms with van der Waals surface area (Å²) in [5.74, 6) is -0.0741. The van der Waals surface area contributed by atoms with Crippen LogP contribution in [0.15, 0.2) is 40.6 Å². The lowest BCUT2D eigenvalue weighted by molar-refractivity contribution is 0.0731. The van der Waals surface area contributed by atoms with Crippen LogP contribution in [0.5, 0.6) is 0 Å². The van der Waals surface area contributed by atoms with Crippen molar-refractivity contribution in [3.63, 3.8) is 0 Å². The van der Waals surface area contributed by atoms with E-state index in [1.807, 2.05) is 18.2 Å². The van der Waals surface area contributed by atoms with Crippen LogP contribution in [0, 0.1) is 0 Å². The van der Waals surface area contributed by atoms with Crippen LogP contribution in [0.4, 0.5) is 0 Å². The summed E-state index contributed by atoms with van der Waals surface area (Å²) in [6.45, 7) is 6.76. The number of ether oxygens (including phenoxy) is 1. The minimum absolute atomic E-state index is 0.0741. The number of morpholine rings is 1. The summed E-state index contributed by atoms with van der Waals surface area (Å²) < 4.78 is 32.8. The van der Waals surface area contributed by atoms with Gasteiger partial charge < -0.3 is 15.0 Å². The number of carbonyl (C=O) groups is 1. The van der Waals surface area contributed by atoms with Crippen molar-refractivity contribution in [3.8, 4) is 10.4 Å². The first-order valence-corrected chi connectivity index (χ1v) is 14.0. The first-order chi connectivity index (χ1) is 15.9. The standard InChI is InChI=1S/C24H33N3O4S2/c1-19-5-2-3-13-26(19)14-4-12-25-24(28)21-8-6-20(7-9-21)22-10-11-23(32-22)33(29,30)27-15-17-31-18-16-27/h6-11,19H,2-5,12-18H2,1H3,(H,25,28)/t19-/m1/s1. The fourth-order valence-corrected chi connectivity index (χ4v) is 7.26. The minimum Gasteiger partial charge on any atom is -0.379 e. The Morgan fingerprint density at radius 1 is 1.09 bits per heavy atom. The maximum atomic E-state index is 12.8. The maximum absolute atomic E-state index is 12.8. The Labute approximate surface area is 200 Å². The molecule has 1 N–H and O–H groups in total. The number of likely N-dealkylation sites (tertiary alicyclic amines) is 1. The molecule has 0 saturated carbocycles. The largest absolute Gasteiger partial charge is 0.379 e. The van der Waals surface area contributed by atoms with Crippen LogP contribution >= 0.6 is 11.3 Å². The van der Waals surface area contributed by atoms with Crippen molar-refractivity contribution in [2.24, 2.45) is 0 Å². The maximum Gasteiger partial charge on any atom is 0.252 e. The first kappa shape index (κ1) is 24.3. The lowest BCUT2D eigenvalue weighted by atomic mass is 10.0. The molecule has 2 aliphatic rings. The van der Waals surface area contributed by atoms with Crippen LogP contribution in [0.3, 0.4) is 0 Å². The van der Waals surface area contributed by atoms with Gasteiger partial charge in [0.05, 0.1) is 13.2 Å². The van der Waals surface area contributed by atoms with Crippen molar-refractivity contribution in [1.82, 2.24) is 14.5 Å². The molecule has 9 heteroatoms. The summed E-state index contributed by atoms with van der Waals surface area (Å²) in [5, 5.41) is 3.01. The SMILES string of the molecule is C[C@@H]1CCCCN1CCCNC(=O)c1ccc(-c2ccc(S(=O)(=O)N3CCOCC3)s2)cc1. The highest BCUT2D eigenvalue weighted by molar-refractivity contribution is 7.91. The third-order valence-corrected chi connectivity index (χ3v) is 9.93. The Bertz CT molecular complexity index is 1030. The van der Waals surface area contributed by atoms with Gasteiger partial charge in [0.15, 0.2) is 0 Å². The lowest BCUT2D eigenvalue weighted by Gasteiger charge is -2.33. The molecular weight excluding hydrogens is 458 g/mol. The average Bonchev–Trinajstić information content (AvgIpc) is 3.35. The Kier molecular flexibility index (Phi) is 8.19. The fraction of sp³-hybridized carbons (Fsp3) is 0.542. The van der Waals surface area contributed by atoms with Crippen molar-refractivity contribution in [2.75, 3.05) is 45.9 Å². The molecule has 180 valence electrons. The zero-order valence-corrected chi connectivity index (χ0v) is 20.8. The Morgan fingerprint density at radius 3 is 2.58 bits per heavy atom. The molecule has 0 aliphatic carbocycles. The zero-order chi connectivity index (χ0) is 23.3. The summed E-state index contributed by atoms with van der Waals surface area (Å²) in [4.78, 5) is 15.9. The molecule has 1 aromatic carbocycles. The summed E-state index contributed by atoms with van der Waals surface area (Å²) in [5.41, 5.74) is 1.52. The normalized spacial score (nSPS) is 20.6. The smallest absolute Gasteiger partial charge is 0.252 e. The predicted molar refractivity (Wildman–Crippen MR) is 131 cm³/mol. The highest BCUT2D eigenvalue weighted by atomic mass is 32.2. The molecule has 2 aromatic rings. The Balaban J connectivity index is 1.30. The summed E-state index contributed by atoms with van der Waals surface area (Å²) in [6.07, 6.45) is 4.81. The molecule has 2 aliphatic heterocycles. The third-order valence-electron chi connectivity index (χ3n) is 6.43. The molecule has 1 atom stereocenters. The predicted octanol–water partition coefficient (Wildman–Crippen LogP) is 3.43. The quantitative estimate of drug-likeness (QED) is 0.573. The molecule has 0 radical (unpaired) electrons. The van der Waals surface area contributed by atoms with Crippen molar-refractivity contribution in [1.29, 1.82) is 0 Å².